The van der Waals surface area contributed by atoms with Crippen molar-refractivity contribution in [3.05, 3.63) is 17.8 Å². The minimum Gasteiger partial charge on any atom is -0.448 e. The van der Waals surface area contributed by atoms with E-state index < -0.39 is 0 Å². The van der Waals surface area contributed by atoms with Crippen LogP contribution in [0.5, 0.6) is 0 Å². The van der Waals surface area contributed by atoms with Crippen molar-refractivity contribution >= 4 is 0 Å². The molecule has 0 aliphatic carbocycles. The Labute approximate surface area is 84.3 Å². The van der Waals surface area contributed by atoms with Gasteiger partial charge in [-0.1, -0.05) is 6.92 Å². The van der Waals surface area contributed by atoms with Crippen LogP contribution in [-0.4, -0.2) is 35.6 Å². The summed E-state index contributed by atoms with van der Waals surface area (Å²) >= 11 is 0. The molecule has 0 amide bonds. The maximum atomic E-state index is 5.19. The first-order valence-electron chi connectivity index (χ1n) is 5.15. The van der Waals surface area contributed by atoms with Gasteiger partial charge in [-0.15, -0.1) is 0 Å². The van der Waals surface area contributed by atoms with Gasteiger partial charge in [-0.05, 0) is 13.5 Å². The number of oxazole rings is 1. The van der Waals surface area contributed by atoms with Crippen LogP contribution in [0.2, 0.25) is 0 Å². The lowest BCUT2D eigenvalue weighted by atomic mass is 10.1. The summed E-state index contributed by atoms with van der Waals surface area (Å²) in [7, 11) is 0. The van der Waals surface area contributed by atoms with Crippen LogP contribution >= 0.6 is 0 Å². The lowest BCUT2D eigenvalue weighted by Crippen LogP contribution is -2.56. The number of rotatable bonds is 4. The minimum absolute atomic E-state index is 0.677. The summed E-state index contributed by atoms with van der Waals surface area (Å²) in [6, 6.07) is 0.677. The van der Waals surface area contributed by atoms with Gasteiger partial charge in [0, 0.05) is 25.7 Å². The first kappa shape index (κ1) is 9.68. The minimum atomic E-state index is 0.677. The normalized spacial score (nSPS) is 17.4. The first-order chi connectivity index (χ1) is 6.81. The Morgan fingerprint density at radius 1 is 1.64 bits per heavy atom. The van der Waals surface area contributed by atoms with Gasteiger partial charge < -0.3 is 9.73 Å². The molecule has 0 saturated carbocycles. The average molecular weight is 195 g/mol. The van der Waals surface area contributed by atoms with E-state index >= 15 is 0 Å². The molecule has 14 heavy (non-hydrogen) atoms. The number of nitrogens with zero attached hydrogens (tertiary/aromatic N) is 2. The Bertz CT molecular complexity index is 293. The SMILES string of the molecule is CCN(Cc1ncoc1C)C1CNC1. The second-order valence-electron chi connectivity index (χ2n) is 3.73. The average Bonchev–Trinajstić information content (AvgIpc) is 2.47. The predicted molar refractivity (Wildman–Crippen MR) is 54.0 cm³/mol. The first-order valence-corrected chi connectivity index (χ1v) is 5.15. The monoisotopic (exact) mass is 195 g/mol. The number of aryl methyl sites for hydroxylation is 1. The molecule has 2 rings (SSSR count). The summed E-state index contributed by atoms with van der Waals surface area (Å²) in [5.41, 5.74) is 1.07. The molecule has 1 N–H and O–H groups in total. The van der Waals surface area contributed by atoms with Crippen LogP contribution in [0.1, 0.15) is 18.4 Å². The van der Waals surface area contributed by atoms with Crippen LogP contribution in [0.4, 0.5) is 0 Å². The maximum Gasteiger partial charge on any atom is 0.181 e. The van der Waals surface area contributed by atoms with Gasteiger partial charge in [-0.3, -0.25) is 4.90 Å². The summed E-state index contributed by atoms with van der Waals surface area (Å²) in [5, 5.41) is 3.28. The van der Waals surface area contributed by atoms with E-state index in [2.05, 4.69) is 22.1 Å². The van der Waals surface area contributed by atoms with E-state index in [9.17, 15) is 0 Å². The van der Waals surface area contributed by atoms with Gasteiger partial charge in [0.05, 0.1) is 5.69 Å². The highest BCUT2D eigenvalue weighted by atomic mass is 16.3. The van der Waals surface area contributed by atoms with Crippen molar-refractivity contribution in [2.75, 3.05) is 19.6 Å². The molecule has 0 aromatic carbocycles. The molecule has 1 fully saturated rings. The molecule has 4 heteroatoms. The fourth-order valence-electron chi connectivity index (χ4n) is 1.70. The fraction of sp³-hybridized carbons (Fsp3) is 0.700. The lowest BCUT2D eigenvalue weighted by molar-refractivity contribution is 0.143. The molecular formula is C10H17N3O. The molecule has 4 nitrogen and oxygen atoms in total. The van der Waals surface area contributed by atoms with Crippen molar-refractivity contribution in [2.24, 2.45) is 0 Å². The predicted octanol–water partition coefficient (Wildman–Crippen LogP) is 0.777. The number of aromatic nitrogens is 1. The zero-order chi connectivity index (χ0) is 9.97. The van der Waals surface area contributed by atoms with Crippen LogP contribution in [0.15, 0.2) is 10.8 Å². The van der Waals surface area contributed by atoms with Crippen molar-refractivity contribution < 1.29 is 4.42 Å². The fourth-order valence-corrected chi connectivity index (χ4v) is 1.70. The smallest absolute Gasteiger partial charge is 0.181 e. The second kappa shape index (κ2) is 4.11. The third-order valence-electron chi connectivity index (χ3n) is 2.88. The lowest BCUT2D eigenvalue weighted by Gasteiger charge is -2.37. The Balaban J connectivity index is 1.97. The molecule has 0 unspecified atom stereocenters. The third kappa shape index (κ3) is 1.81. The highest BCUT2D eigenvalue weighted by molar-refractivity contribution is 5.05. The largest absolute Gasteiger partial charge is 0.448 e. The van der Waals surface area contributed by atoms with E-state index in [-0.39, 0.29) is 0 Å². The molecule has 0 atom stereocenters. The van der Waals surface area contributed by atoms with Crippen LogP contribution < -0.4 is 5.32 Å². The molecule has 1 aliphatic rings. The van der Waals surface area contributed by atoms with Gasteiger partial charge in [0.25, 0.3) is 0 Å². The Kier molecular flexibility index (Phi) is 2.84. The number of hydrogen-bond acceptors (Lipinski definition) is 4. The quantitative estimate of drug-likeness (QED) is 0.770. The zero-order valence-electron chi connectivity index (χ0n) is 8.79. The zero-order valence-corrected chi connectivity index (χ0v) is 8.79. The van der Waals surface area contributed by atoms with Crippen LogP contribution in [0, 0.1) is 6.92 Å². The topological polar surface area (TPSA) is 41.3 Å². The molecule has 0 spiro atoms. The summed E-state index contributed by atoms with van der Waals surface area (Å²) < 4.78 is 5.19. The highest BCUT2D eigenvalue weighted by Gasteiger charge is 2.24. The summed E-state index contributed by atoms with van der Waals surface area (Å²) in [6.45, 7) is 8.34. The van der Waals surface area contributed by atoms with E-state index in [1.165, 1.54) is 6.39 Å². The Morgan fingerprint density at radius 2 is 2.43 bits per heavy atom. The standard InChI is InChI=1S/C10H17N3O/c1-3-13(9-4-11-5-9)6-10-8(2)14-7-12-10/h7,9,11H,3-6H2,1-2H3. The molecule has 78 valence electrons. The number of nitrogens with one attached hydrogen (secondary N) is 1. The van der Waals surface area contributed by atoms with Crippen molar-refractivity contribution in [1.82, 2.24) is 15.2 Å². The Morgan fingerprint density at radius 3 is 2.86 bits per heavy atom. The van der Waals surface area contributed by atoms with Crippen LogP contribution in [0.3, 0.4) is 0 Å². The van der Waals surface area contributed by atoms with Crippen molar-refractivity contribution in [3.63, 3.8) is 0 Å². The van der Waals surface area contributed by atoms with Crippen molar-refractivity contribution in [2.45, 2.75) is 26.4 Å². The molecule has 1 aromatic rings. The molecular weight excluding hydrogens is 178 g/mol. The molecule has 1 saturated heterocycles. The van der Waals surface area contributed by atoms with E-state index in [0.29, 0.717) is 6.04 Å². The maximum absolute atomic E-state index is 5.19. The van der Waals surface area contributed by atoms with Gasteiger partial charge >= 0.3 is 0 Å². The Hall–Kier alpha value is -0.870. The van der Waals surface area contributed by atoms with E-state index in [4.69, 9.17) is 4.42 Å². The summed E-state index contributed by atoms with van der Waals surface area (Å²) in [6.07, 6.45) is 1.53. The van der Waals surface area contributed by atoms with Gasteiger partial charge in [0.1, 0.15) is 5.76 Å². The number of likely N-dealkylation sites (N-methyl/N-ethyl adjacent to an activating group) is 1. The second-order valence-corrected chi connectivity index (χ2v) is 3.73. The van der Waals surface area contributed by atoms with Crippen molar-refractivity contribution in [1.29, 1.82) is 0 Å². The van der Waals surface area contributed by atoms with Crippen LogP contribution in [-0.2, 0) is 6.54 Å². The van der Waals surface area contributed by atoms with Gasteiger partial charge in [0.2, 0.25) is 0 Å². The molecule has 0 radical (unpaired) electrons. The third-order valence-corrected chi connectivity index (χ3v) is 2.88. The summed E-state index contributed by atoms with van der Waals surface area (Å²) in [4.78, 5) is 6.65. The molecule has 0 bridgehead atoms. The van der Waals surface area contributed by atoms with Crippen LogP contribution in [0.25, 0.3) is 0 Å². The van der Waals surface area contributed by atoms with E-state index in [1.807, 2.05) is 6.92 Å². The molecule has 1 aliphatic heterocycles. The van der Waals surface area contributed by atoms with Gasteiger partial charge in [0.15, 0.2) is 6.39 Å². The van der Waals surface area contributed by atoms with Gasteiger partial charge in [-0.2, -0.15) is 0 Å². The summed E-state index contributed by atoms with van der Waals surface area (Å²) in [5.74, 6) is 0.940. The molecule has 2 heterocycles. The number of hydrogen-bond donors (Lipinski definition) is 1. The highest BCUT2D eigenvalue weighted by Crippen LogP contribution is 2.12. The van der Waals surface area contributed by atoms with Crippen molar-refractivity contribution in [3.8, 4) is 0 Å². The van der Waals surface area contributed by atoms with Gasteiger partial charge in [-0.25, -0.2) is 4.98 Å². The van der Waals surface area contributed by atoms with E-state index in [0.717, 1.165) is 37.6 Å². The molecule has 1 aromatic heterocycles. The van der Waals surface area contributed by atoms with E-state index in [1.54, 1.807) is 0 Å².